The van der Waals surface area contributed by atoms with Crippen molar-refractivity contribution in [3.8, 4) is 0 Å². The van der Waals surface area contributed by atoms with Crippen molar-refractivity contribution in [2.75, 3.05) is 0 Å². The number of nitrogens with zero attached hydrogens (tertiary/aromatic N) is 2. The Balaban J connectivity index is 1.92. The fraction of sp³-hybridized carbons (Fsp3) is 0.438. The molecule has 1 N–H and O–H groups in total. The topological polar surface area (TPSA) is 68.0 Å². The van der Waals surface area contributed by atoms with E-state index in [1.807, 2.05) is 13.8 Å². The van der Waals surface area contributed by atoms with Gasteiger partial charge in [0.2, 0.25) is 11.8 Å². The number of aromatic nitrogens is 2. The zero-order valence-electron chi connectivity index (χ0n) is 13.7. The van der Waals surface area contributed by atoms with Crippen LogP contribution in [0.3, 0.4) is 0 Å². The third kappa shape index (κ3) is 5.27. The Hall–Kier alpha value is -2.45. The van der Waals surface area contributed by atoms with E-state index < -0.39 is 23.5 Å². The van der Waals surface area contributed by atoms with Crippen LogP contribution in [-0.2, 0) is 23.9 Å². The van der Waals surface area contributed by atoms with Crippen molar-refractivity contribution in [1.82, 2.24) is 15.5 Å². The van der Waals surface area contributed by atoms with Gasteiger partial charge in [-0.3, -0.25) is 4.79 Å². The molecule has 1 heterocycles. The Labute approximate surface area is 141 Å². The van der Waals surface area contributed by atoms with Crippen molar-refractivity contribution in [1.29, 1.82) is 0 Å². The number of aryl methyl sites for hydroxylation is 1. The molecule has 0 saturated carbocycles. The third-order valence-corrected chi connectivity index (χ3v) is 3.42. The second-order valence-electron chi connectivity index (χ2n) is 5.78. The summed E-state index contributed by atoms with van der Waals surface area (Å²) >= 11 is 0. The maximum absolute atomic E-state index is 13.0. The average Bonchev–Trinajstić information content (AvgIpc) is 3.00. The summed E-state index contributed by atoms with van der Waals surface area (Å²) in [5.41, 5.74) is -1.31. The smallest absolute Gasteiger partial charge is 0.352 e. The monoisotopic (exact) mass is 359 g/mol. The molecule has 9 heteroatoms. The molecule has 2 rings (SSSR count). The van der Waals surface area contributed by atoms with E-state index in [0.717, 1.165) is 12.1 Å². The number of amides is 1. The SMILES string of the molecule is CC(C)c1noc(CCC(=O)NCc2ccc(F)cc2C(F)(F)F)n1. The van der Waals surface area contributed by atoms with Crippen molar-refractivity contribution < 1.29 is 26.9 Å². The summed E-state index contributed by atoms with van der Waals surface area (Å²) in [6.07, 6.45) is -4.53. The van der Waals surface area contributed by atoms with Crippen molar-refractivity contribution in [2.24, 2.45) is 0 Å². The minimum atomic E-state index is -4.70. The summed E-state index contributed by atoms with van der Waals surface area (Å²) < 4.78 is 56.7. The molecular formula is C16H17F4N3O2. The molecular weight excluding hydrogens is 342 g/mol. The summed E-state index contributed by atoms with van der Waals surface area (Å²) in [5, 5.41) is 6.14. The van der Waals surface area contributed by atoms with E-state index in [1.165, 1.54) is 0 Å². The first kappa shape index (κ1) is 18.9. The molecule has 0 atom stereocenters. The highest BCUT2D eigenvalue weighted by Gasteiger charge is 2.33. The summed E-state index contributed by atoms with van der Waals surface area (Å²) in [6, 6.07) is 2.33. The van der Waals surface area contributed by atoms with Gasteiger partial charge in [0.15, 0.2) is 5.82 Å². The minimum Gasteiger partial charge on any atom is -0.352 e. The average molecular weight is 359 g/mol. The third-order valence-electron chi connectivity index (χ3n) is 3.42. The summed E-state index contributed by atoms with van der Waals surface area (Å²) in [4.78, 5) is 15.9. The molecule has 1 amide bonds. The lowest BCUT2D eigenvalue weighted by atomic mass is 10.1. The van der Waals surface area contributed by atoms with Crippen molar-refractivity contribution in [3.63, 3.8) is 0 Å². The number of carbonyl (C=O) groups is 1. The van der Waals surface area contributed by atoms with Gasteiger partial charge in [-0.15, -0.1) is 0 Å². The van der Waals surface area contributed by atoms with E-state index in [2.05, 4.69) is 15.5 Å². The molecule has 0 radical (unpaired) electrons. The molecule has 1 aromatic heterocycles. The first-order valence-corrected chi connectivity index (χ1v) is 7.61. The van der Waals surface area contributed by atoms with E-state index in [-0.39, 0.29) is 36.8 Å². The van der Waals surface area contributed by atoms with Gasteiger partial charge < -0.3 is 9.84 Å². The molecule has 2 aromatic rings. The Kier molecular flexibility index (Phi) is 5.76. The van der Waals surface area contributed by atoms with Crippen LogP contribution in [0.15, 0.2) is 22.7 Å². The largest absolute Gasteiger partial charge is 0.416 e. The van der Waals surface area contributed by atoms with Crippen molar-refractivity contribution in [3.05, 3.63) is 46.9 Å². The van der Waals surface area contributed by atoms with Crippen LogP contribution in [0, 0.1) is 5.82 Å². The lowest BCUT2D eigenvalue weighted by Crippen LogP contribution is -2.24. The van der Waals surface area contributed by atoms with Crippen LogP contribution in [0.1, 0.15) is 49.0 Å². The maximum atomic E-state index is 13.0. The number of carbonyl (C=O) groups excluding carboxylic acids is 1. The summed E-state index contributed by atoms with van der Waals surface area (Å²) in [5.74, 6) is -0.555. The van der Waals surface area contributed by atoms with E-state index in [0.29, 0.717) is 11.9 Å². The number of alkyl halides is 3. The first-order valence-electron chi connectivity index (χ1n) is 7.61. The van der Waals surface area contributed by atoms with Crippen LogP contribution in [0.25, 0.3) is 0 Å². The Morgan fingerprint density at radius 1 is 1.32 bits per heavy atom. The molecule has 0 spiro atoms. The van der Waals surface area contributed by atoms with Gasteiger partial charge >= 0.3 is 6.18 Å². The quantitative estimate of drug-likeness (QED) is 0.800. The van der Waals surface area contributed by atoms with E-state index in [4.69, 9.17) is 4.52 Å². The molecule has 5 nitrogen and oxygen atoms in total. The van der Waals surface area contributed by atoms with E-state index in [1.54, 1.807) is 0 Å². The lowest BCUT2D eigenvalue weighted by Gasteiger charge is -2.13. The second kappa shape index (κ2) is 7.62. The van der Waals surface area contributed by atoms with Gasteiger partial charge in [0.05, 0.1) is 5.56 Å². The Morgan fingerprint density at radius 3 is 2.64 bits per heavy atom. The van der Waals surface area contributed by atoms with E-state index >= 15 is 0 Å². The Bertz CT molecular complexity index is 741. The molecule has 0 unspecified atom stereocenters. The fourth-order valence-corrected chi connectivity index (χ4v) is 2.07. The Morgan fingerprint density at radius 2 is 2.04 bits per heavy atom. The zero-order chi connectivity index (χ0) is 18.6. The van der Waals surface area contributed by atoms with Crippen LogP contribution in [0.2, 0.25) is 0 Å². The molecule has 0 bridgehead atoms. The molecule has 25 heavy (non-hydrogen) atoms. The van der Waals surface area contributed by atoms with E-state index in [9.17, 15) is 22.4 Å². The molecule has 0 aliphatic heterocycles. The van der Waals surface area contributed by atoms with Gasteiger partial charge in [-0.25, -0.2) is 4.39 Å². The maximum Gasteiger partial charge on any atom is 0.416 e. The van der Waals surface area contributed by atoms with Gasteiger partial charge in [-0.05, 0) is 17.7 Å². The number of benzene rings is 1. The number of hydrogen-bond acceptors (Lipinski definition) is 4. The zero-order valence-corrected chi connectivity index (χ0v) is 13.7. The van der Waals surface area contributed by atoms with Crippen molar-refractivity contribution >= 4 is 5.91 Å². The first-order chi connectivity index (χ1) is 11.7. The van der Waals surface area contributed by atoms with Gasteiger partial charge in [-0.2, -0.15) is 18.2 Å². The second-order valence-corrected chi connectivity index (χ2v) is 5.78. The number of rotatable bonds is 6. The van der Waals surface area contributed by atoms with Gasteiger partial charge in [0, 0.05) is 25.3 Å². The van der Waals surface area contributed by atoms with Gasteiger partial charge in [0.1, 0.15) is 5.82 Å². The number of halogens is 4. The number of nitrogens with one attached hydrogen (secondary N) is 1. The van der Waals surface area contributed by atoms with Crippen LogP contribution in [0.5, 0.6) is 0 Å². The summed E-state index contributed by atoms with van der Waals surface area (Å²) in [7, 11) is 0. The van der Waals surface area contributed by atoms with Gasteiger partial charge in [-0.1, -0.05) is 25.1 Å². The molecule has 0 aliphatic carbocycles. The van der Waals surface area contributed by atoms with Crippen LogP contribution < -0.4 is 5.32 Å². The highest BCUT2D eigenvalue weighted by Crippen LogP contribution is 2.32. The predicted octanol–water partition coefficient (Wildman–Crippen LogP) is 3.60. The van der Waals surface area contributed by atoms with Crippen LogP contribution in [-0.4, -0.2) is 16.0 Å². The molecule has 136 valence electrons. The molecule has 1 aromatic carbocycles. The molecule has 0 saturated heterocycles. The predicted molar refractivity (Wildman–Crippen MR) is 80.0 cm³/mol. The standard InChI is InChI=1S/C16H17F4N3O2/c1-9(2)15-22-14(25-23-15)6-5-13(24)21-8-10-3-4-11(17)7-12(10)16(18,19)20/h3-4,7,9H,5-6,8H2,1-2H3,(H,21,24). The number of hydrogen-bond donors (Lipinski definition) is 1. The summed E-state index contributed by atoms with van der Waals surface area (Å²) in [6.45, 7) is 3.43. The van der Waals surface area contributed by atoms with Crippen LogP contribution >= 0.6 is 0 Å². The van der Waals surface area contributed by atoms with Gasteiger partial charge in [0.25, 0.3) is 0 Å². The highest BCUT2D eigenvalue weighted by atomic mass is 19.4. The highest BCUT2D eigenvalue weighted by molar-refractivity contribution is 5.76. The van der Waals surface area contributed by atoms with Crippen LogP contribution in [0.4, 0.5) is 17.6 Å². The normalized spacial score (nSPS) is 11.8. The van der Waals surface area contributed by atoms with Crippen molar-refractivity contribution in [2.45, 2.75) is 45.3 Å². The fourth-order valence-electron chi connectivity index (χ4n) is 2.07. The lowest BCUT2D eigenvalue weighted by molar-refractivity contribution is -0.138. The minimum absolute atomic E-state index is 0.0116. The molecule has 0 aliphatic rings. The molecule has 0 fully saturated rings.